The number of nitrogens with zero attached hydrogens (tertiary/aromatic N) is 3. The van der Waals surface area contributed by atoms with E-state index in [1.165, 1.54) is 23.6 Å². The first kappa shape index (κ1) is 24.2. The molecule has 11 heteroatoms. The van der Waals surface area contributed by atoms with Gasteiger partial charge in [0.1, 0.15) is 11.6 Å². The number of rotatable bonds is 5. The molecule has 0 spiro atoms. The van der Waals surface area contributed by atoms with Gasteiger partial charge < -0.3 is 25.4 Å². The molecule has 35 heavy (non-hydrogen) atoms. The van der Waals surface area contributed by atoms with Crippen molar-refractivity contribution in [2.24, 2.45) is 5.92 Å². The molecule has 1 aromatic heterocycles. The van der Waals surface area contributed by atoms with Gasteiger partial charge in [-0.1, -0.05) is 12.1 Å². The number of hydrogen-bond acceptors (Lipinski definition) is 7. The number of methoxy groups -OCH3 is 1. The fourth-order valence-corrected chi connectivity index (χ4v) is 4.74. The number of likely N-dealkylation sites (N-methyl/N-ethyl adjacent to an activating group) is 1. The molecule has 1 aromatic carbocycles. The topological polar surface area (TPSA) is 143 Å². The van der Waals surface area contributed by atoms with Crippen LogP contribution in [0.5, 0.6) is 11.5 Å². The number of amides is 3. The van der Waals surface area contributed by atoms with Crippen molar-refractivity contribution in [2.45, 2.75) is 44.3 Å². The largest absolute Gasteiger partial charge is 0.501 e. The van der Waals surface area contributed by atoms with E-state index in [-0.39, 0.29) is 18.3 Å². The van der Waals surface area contributed by atoms with Crippen LogP contribution in [0.4, 0.5) is 0 Å². The van der Waals surface area contributed by atoms with Gasteiger partial charge in [0.05, 0.1) is 12.6 Å². The summed E-state index contributed by atoms with van der Waals surface area (Å²) < 4.78 is 6.46. The SMILES string of the molecule is COc1ccc(CNC(=O)c2nc3n(c(=O)c2O)CC2CCC3(NC(=O)C(=O)N(C)C)CC2)cc1. The van der Waals surface area contributed by atoms with E-state index < -0.39 is 40.3 Å². The van der Waals surface area contributed by atoms with Crippen molar-refractivity contribution < 1.29 is 24.2 Å². The molecule has 0 atom stereocenters. The average Bonchev–Trinajstić information content (AvgIpc) is 3.10. The fraction of sp³-hybridized carbons (Fsp3) is 0.458. The maximum atomic E-state index is 13.1. The average molecular weight is 484 g/mol. The normalized spacial score (nSPS) is 20.4. The van der Waals surface area contributed by atoms with Crippen molar-refractivity contribution in [3.05, 3.63) is 51.7 Å². The lowest BCUT2D eigenvalue weighted by Crippen LogP contribution is -2.53. The minimum atomic E-state index is -1.09. The Balaban J connectivity index is 1.67. The molecule has 0 radical (unpaired) electrons. The molecule has 2 aromatic rings. The number of aromatic hydroxyl groups is 1. The monoisotopic (exact) mass is 483 g/mol. The van der Waals surface area contributed by atoms with Crippen molar-refractivity contribution >= 4 is 17.7 Å². The minimum Gasteiger partial charge on any atom is -0.501 e. The number of aromatic nitrogens is 2. The highest BCUT2D eigenvalue weighted by atomic mass is 16.5. The first-order valence-electron chi connectivity index (χ1n) is 11.4. The molecule has 0 saturated heterocycles. The number of fused-ring (bicyclic) bond motifs is 2. The quantitative estimate of drug-likeness (QED) is 0.525. The van der Waals surface area contributed by atoms with E-state index in [0.29, 0.717) is 38.0 Å². The third-order valence-electron chi connectivity index (χ3n) is 6.75. The van der Waals surface area contributed by atoms with E-state index in [0.717, 1.165) is 5.56 Å². The molecule has 3 heterocycles. The van der Waals surface area contributed by atoms with Crippen molar-refractivity contribution in [3.8, 4) is 11.5 Å². The highest BCUT2D eigenvalue weighted by Crippen LogP contribution is 2.42. The van der Waals surface area contributed by atoms with E-state index in [1.807, 2.05) is 0 Å². The lowest BCUT2D eigenvalue weighted by atomic mass is 9.77. The van der Waals surface area contributed by atoms with Crippen molar-refractivity contribution in [1.82, 2.24) is 25.1 Å². The van der Waals surface area contributed by atoms with Gasteiger partial charge in [-0.2, -0.15) is 0 Å². The Morgan fingerprint density at radius 2 is 1.86 bits per heavy atom. The van der Waals surface area contributed by atoms with Gasteiger partial charge in [0.25, 0.3) is 11.5 Å². The number of benzene rings is 1. The molecule has 2 aliphatic heterocycles. The highest BCUT2D eigenvalue weighted by Gasteiger charge is 2.46. The molecule has 3 N–H and O–H groups in total. The summed E-state index contributed by atoms with van der Waals surface area (Å²) in [6.07, 6.45) is 2.35. The molecule has 11 nitrogen and oxygen atoms in total. The predicted octanol–water partition coefficient (Wildman–Crippen LogP) is 0.491. The summed E-state index contributed by atoms with van der Waals surface area (Å²) in [5, 5.41) is 16.1. The van der Waals surface area contributed by atoms with Crippen LogP contribution in [-0.2, 0) is 28.2 Å². The van der Waals surface area contributed by atoms with E-state index in [1.54, 1.807) is 31.4 Å². The van der Waals surface area contributed by atoms with Crippen LogP contribution in [0, 0.1) is 5.92 Å². The molecular formula is C24H29N5O6. The van der Waals surface area contributed by atoms with Gasteiger partial charge in [-0.15, -0.1) is 0 Å². The van der Waals surface area contributed by atoms with E-state index >= 15 is 0 Å². The van der Waals surface area contributed by atoms with Crippen LogP contribution in [-0.4, -0.2) is 58.5 Å². The van der Waals surface area contributed by atoms with Crippen LogP contribution >= 0.6 is 0 Å². The van der Waals surface area contributed by atoms with Crippen LogP contribution in [0.3, 0.4) is 0 Å². The smallest absolute Gasteiger partial charge is 0.311 e. The molecule has 1 fully saturated rings. The highest BCUT2D eigenvalue weighted by molar-refractivity contribution is 6.35. The number of carbonyl (C=O) groups is 3. The Morgan fingerprint density at radius 3 is 2.46 bits per heavy atom. The van der Waals surface area contributed by atoms with Crippen LogP contribution in [0.15, 0.2) is 29.1 Å². The number of ether oxygens (including phenoxy) is 1. The molecule has 3 aliphatic rings. The Bertz CT molecular complexity index is 1210. The second kappa shape index (κ2) is 9.40. The van der Waals surface area contributed by atoms with Gasteiger partial charge in [0.2, 0.25) is 5.75 Å². The van der Waals surface area contributed by atoms with Crippen LogP contribution < -0.4 is 20.9 Å². The van der Waals surface area contributed by atoms with E-state index in [4.69, 9.17) is 4.74 Å². The Labute approximate surface area is 202 Å². The summed E-state index contributed by atoms with van der Waals surface area (Å²) in [4.78, 5) is 56.6. The minimum absolute atomic E-state index is 0.143. The van der Waals surface area contributed by atoms with Gasteiger partial charge >= 0.3 is 11.8 Å². The first-order chi connectivity index (χ1) is 16.6. The molecular weight excluding hydrogens is 454 g/mol. The molecule has 1 aliphatic carbocycles. The fourth-order valence-electron chi connectivity index (χ4n) is 4.74. The Hall–Kier alpha value is -3.89. The Kier molecular flexibility index (Phi) is 6.51. The number of hydrogen-bond donors (Lipinski definition) is 3. The molecule has 5 rings (SSSR count). The first-order valence-corrected chi connectivity index (χ1v) is 11.4. The zero-order valence-electron chi connectivity index (χ0n) is 20.0. The lowest BCUT2D eigenvalue weighted by Gasteiger charge is -2.37. The zero-order chi connectivity index (χ0) is 25.3. The second-order valence-electron chi connectivity index (χ2n) is 9.26. The number of carbonyl (C=O) groups excluding carboxylic acids is 3. The molecule has 0 unspecified atom stereocenters. The molecule has 2 bridgehead atoms. The second-order valence-corrected chi connectivity index (χ2v) is 9.26. The summed E-state index contributed by atoms with van der Waals surface area (Å²) in [7, 11) is 4.51. The van der Waals surface area contributed by atoms with Crippen molar-refractivity contribution in [2.75, 3.05) is 21.2 Å². The standard InChI is InChI=1S/C24H29N5O6/c1-28(2)22(34)20(32)27-24-10-8-15(9-11-24)13-29-21(33)18(30)17(26-23(24)29)19(31)25-12-14-4-6-16(35-3)7-5-14/h4-7,15,30H,8-13H2,1-3H3,(H,25,31)(H,27,32). The van der Waals surface area contributed by atoms with Crippen molar-refractivity contribution in [1.29, 1.82) is 0 Å². The van der Waals surface area contributed by atoms with Gasteiger partial charge in [-0.3, -0.25) is 23.7 Å². The summed E-state index contributed by atoms with van der Waals surface area (Å²) in [5.41, 5.74) is -1.45. The predicted molar refractivity (Wildman–Crippen MR) is 125 cm³/mol. The van der Waals surface area contributed by atoms with Gasteiger partial charge in [-0.05, 0) is 49.3 Å². The maximum absolute atomic E-state index is 13.1. The van der Waals surface area contributed by atoms with Gasteiger partial charge in [0.15, 0.2) is 5.69 Å². The summed E-state index contributed by atoms with van der Waals surface area (Å²) in [5.74, 6) is -1.97. The molecule has 3 amide bonds. The van der Waals surface area contributed by atoms with E-state index in [9.17, 15) is 24.3 Å². The van der Waals surface area contributed by atoms with Crippen LogP contribution in [0.2, 0.25) is 0 Å². The van der Waals surface area contributed by atoms with E-state index in [2.05, 4.69) is 15.6 Å². The maximum Gasteiger partial charge on any atom is 0.311 e. The molecule has 1 saturated carbocycles. The van der Waals surface area contributed by atoms with Crippen LogP contribution in [0.25, 0.3) is 0 Å². The summed E-state index contributed by atoms with van der Waals surface area (Å²) in [6.45, 7) is 0.464. The number of nitrogens with one attached hydrogen (secondary N) is 2. The summed E-state index contributed by atoms with van der Waals surface area (Å²) in [6, 6.07) is 7.07. The van der Waals surface area contributed by atoms with Gasteiger partial charge in [0, 0.05) is 27.2 Å². The zero-order valence-corrected chi connectivity index (χ0v) is 20.0. The summed E-state index contributed by atoms with van der Waals surface area (Å²) >= 11 is 0. The van der Waals surface area contributed by atoms with Crippen molar-refractivity contribution in [3.63, 3.8) is 0 Å². The lowest BCUT2D eigenvalue weighted by molar-refractivity contribution is -0.145. The van der Waals surface area contributed by atoms with Crippen LogP contribution in [0.1, 0.15) is 47.6 Å². The Morgan fingerprint density at radius 1 is 1.20 bits per heavy atom. The third-order valence-corrected chi connectivity index (χ3v) is 6.75. The third kappa shape index (κ3) is 4.58. The van der Waals surface area contributed by atoms with Gasteiger partial charge in [-0.25, -0.2) is 4.98 Å². The molecule has 186 valence electrons.